The summed E-state index contributed by atoms with van der Waals surface area (Å²) < 4.78 is 0. The Morgan fingerprint density at radius 3 is 1.08 bits per heavy atom. The number of unbranched alkanes of at least 4 members (excludes halogenated alkanes) is 9. The van der Waals surface area contributed by atoms with Crippen molar-refractivity contribution in [2.24, 2.45) is 0 Å². The average Bonchev–Trinajstić information content (AvgIpc) is 2.53. The van der Waals surface area contributed by atoms with Gasteiger partial charge in [0.15, 0.2) is 0 Å². The van der Waals surface area contributed by atoms with Gasteiger partial charge in [-0.3, -0.25) is 10.9 Å². The number of nitrogens with one attached hydrogen (secondary N) is 4. The van der Waals surface area contributed by atoms with Crippen molar-refractivity contribution in [1.82, 2.24) is 31.5 Å². The standard InChI is InChI=1S/C18H40N6O2/c1-23(2)21-17(25)19-15-13-11-9-7-5-6-8-10-12-14-16-20-18(26)22-24(3)4/h5-16H2,1-4H3,(H2,19,21,25)(H2,20,22,26). The molecule has 154 valence electrons. The van der Waals surface area contributed by atoms with Crippen molar-refractivity contribution in [3.8, 4) is 0 Å². The van der Waals surface area contributed by atoms with Crippen LogP contribution in [0.15, 0.2) is 0 Å². The van der Waals surface area contributed by atoms with Crippen molar-refractivity contribution in [3.63, 3.8) is 0 Å². The van der Waals surface area contributed by atoms with Crippen LogP contribution in [0.4, 0.5) is 9.59 Å². The van der Waals surface area contributed by atoms with Crippen LogP contribution in [0.1, 0.15) is 64.2 Å². The van der Waals surface area contributed by atoms with E-state index in [1.165, 1.54) is 51.4 Å². The Kier molecular flexibility index (Phi) is 15.9. The smallest absolute Gasteiger partial charge is 0.329 e. The summed E-state index contributed by atoms with van der Waals surface area (Å²) in [7, 11) is 7.17. The van der Waals surface area contributed by atoms with Crippen molar-refractivity contribution in [1.29, 1.82) is 0 Å². The molecule has 0 aromatic rings. The lowest BCUT2D eigenvalue weighted by atomic mass is 10.1. The predicted molar refractivity (Wildman–Crippen MR) is 107 cm³/mol. The molecule has 4 N–H and O–H groups in total. The summed E-state index contributed by atoms with van der Waals surface area (Å²) in [5.74, 6) is 0. The highest BCUT2D eigenvalue weighted by Crippen LogP contribution is 2.10. The Morgan fingerprint density at radius 2 is 0.808 bits per heavy atom. The molecule has 8 heteroatoms. The topological polar surface area (TPSA) is 88.7 Å². The molecule has 0 aromatic heterocycles. The molecule has 0 bridgehead atoms. The molecule has 0 aliphatic carbocycles. The molecule has 0 aliphatic heterocycles. The number of rotatable bonds is 15. The van der Waals surface area contributed by atoms with Crippen LogP contribution in [0.3, 0.4) is 0 Å². The first-order valence-electron chi connectivity index (χ1n) is 9.85. The van der Waals surface area contributed by atoms with E-state index in [1.54, 1.807) is 38.2 Å². The zero-order chi connectivity index (χ0) is 19.6. The zero-order valence-electron chi connectivity index (χ0n) is 17.2. The highest BCUT2D eigenvalue weighted by molar-refractivity contribution is 5.73. The molecule has 0 heterocycles. The third-order valence-electron chi connectivity index (χ3n) is 3.82. The summed E-state index contributed by atoms with van der Waals surface area (Å²) in [5, 5.41) is 8.95. The fourth-order valence-electron chi connectivity index (χ4n) is 2.55. The first-order valence-corrected chi connectivity index (χ1v) is 9.85. The monoisotopic (exact) mass is 372 g/mol. The number of carbonyl (C=O) groups is 2. The van der Waals surface area contributed by atoms with E-state index in [0.29, 0.717) is 0 Å². The van der Waals surface area contributed by atoms with Crippen molar-refractivity contribution < 1.29 is 9.59 Å². The summed E-state index contributed by atoms with van der Waals surface area (Å²) >= 11 is 0. The molecular weight excluding hydrogens is 332 g/mol. The van der Waals surface area contributed by atoms with Crippen LogP contribution in [0, 0.1) is 0 Å². The van der Waals surface area contributed by atoms with E-state index in [4.69, 9.17) is 0 Å². The number of hydrazine groups is 2. The van der Waals surface area contributed by atoms with Gasteiger partial charge in [0.05, 0.1) is 0 Å². The van der Waals surface area contributed by atoms with E-state index < -0.39 is 0 Å². The Bertz CT molecular complexity index is 330. The summed E-state index contributed by atoms with van der Waals surface area (Å²) in [6, 6.07) is -0.271. The van der Waals surface area contributed by atoms with E-state index in [9.17, 15) is 9.59 Å². The first-order chi connectivity index (χ1) is 12.4. The minimum Gasteiger partial charge on any atom is -0.337 e. The number of carbonyl (C=O) groups excluding carboxylic acids is 2. The summed E-state index contributed by atoms with van der Waals surface area (Å²) in [6.45, 7) is 1.47. The highest BCUT2D eigenvalue weighted by Gasteiger charge is 2.00. The zero-order valence-corrected chi connectivity index (χ0v) is 17.2. The third-order valence-corrected chi connectivity index (χ3v) is 3.82. The molecule has 0 spiro atoms. The van der Waals surface area contributed by atoms with Crippen LogP contribution < -0.4 is 21.5 Å². The largest absolute Gasteiger partial charge is 0.337 e. The SMILES string of the molecule is CN(C)NC(=O)NCCCCCCCCCCCCNC(=O)NN(C)C. The van der Waals surface area contributed by atoms with Crippen molar-refractivity contribution >= 4 is 12.1 Å². The van der Waals surface area contributed by atoms with Crippen molar-refractivity contribution in [2.75, 3.05) is 41.3 Å². The third kappa shape index (κ3) is 18.8. The Hall–Kier alpha value is -1.54. The Morgan fingerprint density at radius 1 is 0.538 bits per heavy atom. The number of urea groups is 2. The van der Waals surface area contributed by atoms with E-state index in [1.807, 2.05) is 0 Å². The highest BCUT2D eigenvalue weighted by atomic mass is 16.2. The van der Waals surface area contributed by atoms with Gasteiger partial charge >= 0.3 is 12.1 Å². The quantitative estimate of drug-likeness (QED) is 0.263. The maximum absolute atomic E-state index is 11.3. The normalized spacial score (nSPS) is 10.8. The summed E-state index contributed by atoms with van der Waals surface area (Å²) in [6.07, 6.45) is 12.0. The van der Waals surface area contributed by atoms with Gasteiger partial charge in [-0.1, -0.05) is 51.4 Å². The van der Waals surface area contributed by atoms with Crippen LogP contribution in [-0.2, 0) is 0 Å². The van der Waals surface area contributed by atoms with Crippen LogP contribution in [0.2, 0.25) is 0 Å². The van der Waals surface area contributed by atoms with Gasteiger partial charge in [-0.15, -0.1) is 0 Å². The first kappa shape index (κ1) is 24.5. The molecule has 0 radical (unpaired) electrons. The summed E-state index contributed by atoms with van der Waals surface area (Å²) in [5.41, 5.74) is 5.31. The van der Waals surface area contributed by atoms with E-state index in [2.05, 4.69) is 21.5 Å². The lowest BCUT2D eigenvalue weighted by Gasteiger charge is -2.12. The van der Waals surface area contributed by atoms with Gasteiger partial charge in [-0.2, -0.15) is 0 Å². The van der Waals surface area contributed by atoms with Gasteiger partial charge in [0.2, 0.25) is 0 Å². The molecule has 0 saturated carbocycles. The Balaban J connectivity index is 3.18. The molecule has 0 aromatic carbocycles. The predicted octanol–water partition coefficient (Wildman–Crippen LogP) is 2.44. The molecule has 0 unspecified atom stereocenters. The molecule has 0 saturated heterocycles. The van der Waals surface area contributed by atoms with E-state index in [0.717, 1.165) is 25.9 Å². The fraction of sp³-hybridized carbons (Fsp3) is 0.889. The molecule has 0 atom stereocenters. The molecule has 26 heavy (non-hydrogen) atoms. The van der Waals surface area contributed by atoms with Gasteiger partial charge < -0.3 is 10.6 Å². The fourth-order valence-corrected chi connectivity index (χ4v) is 2.55. The second kappa shape index (κ2) is 16.9. The van der Waals surface area contributed by atoms with Gasteiger partial charge in [0.1, 0.15) is 0 Å². The molecule has 0 rings (SSSR count). The van der Waals surface area contributed by atoms with Gasteiger partial charge in [0.25, 0.3) is 0 Å². The molecule has 0 fully saturated rings. The van der Waals surface area contributed by atoms with E-state index in [-0.39, 0.29) is 12.1 Å². The van der Waals surface area contributed by atoms with Crippen LogP contribution >= 0.6 is 0 Å². The second-order valence-electron chi connectivity index (χ2n) is 7.06. The average molecular weight is 373 g/mol. The van der Waals surface area contributed by atoms with Crippen LogP contribution in [0.25, 0.3) is 0 Å². The maximum Gasteiger partial charge on any atom is 0.329 e. The van der Waals surface area contributed by atoms with Gasteiger partial charge in [-0.05, 0) is 12.8 Å². The molecule has 0 aliphatic rings. The number of amides is 4. The van der Waals surface area contributed by atoms with Crippen molar-refractivity contribution in [2.45, 2.75) is 64.2 Å². The lowest BCUT2D eigenvalue weighted by molar-refractivity contribution is 0.211. The molecule has 8 nitrogen and oxygen atoms in total. The number of nitrogens with zero attached hydrogens (tertiary/aromatic N) is 2. The minimum absolute atomic E-state index is 0.136. The van der Waals surface area contributed by atoms with Crippen LogP contribution in [-0.4, -0.2) is 63.4 Å². The van der Waals surface area contributed by atoms with Crippen LogP contribution in [0.5, 0.6) is 0 Å². The lowest BCUT2D eigenvalue weighted by Crippen LogP contribution is -2.43. The maximum atomic E-state index is 11.3. The van der Waals surface area contributed by atoms with Gasteiger partial charge in [-0.25, -0.2) is 19.6 Å². The van der Waals surface area contributed by atoms with Crippen molar-refractivity contribution in [3.05, 3.63) is 0 Å². The molecule has 4 amide bonds. The second-order valence-corrected chi connectivity index (χ2v) is 7.06. The minimum atomic E-state index is -0.136. The molecular formula is C18H40N6O2. The van der Waals surface area contributed by atoms with E-state index >= 15 is 0 Å². The Labute approximate surface area is 159 Å². The number of hydrogen-bond acceptors (Lipinski definition) is 4. The van der Waals surface area contributed by atoms with Gasteiger partial charge in [0, 0.05) is 41.3 Å². The summed E-state index contributed by atoms with van der Waals surface area (Å²) in [4.78, 5) is 22.7. The number of hydrogen-bond donors (Lipinski definition) is 4.